The number of aliphatic hydroxyl groups is 1. The summed E-state index contributed by atoms with van der Waals surface area (Å²) in [4.78, 5) is 1.97. The largest absolute Gasteiger partial charge is 0.389 e. The van der Waals surface area contributed by atoms with Crippen molar-refractivity contribution < 1.29 is 5.11 Å². The maximum absolute atomic E-state index is 10.3. The highest BCUT2D eigenvalue weighted by Gasteiger charge is 2.25. The molecular weight excluding hydrogens is 272 g/mol. The highest BCUT2D eigenvalue weighted by atomic mass is 35.5. The molecule has 0 aliphatic heterocycles. The molecule has 0 amide bonds. The summed E-state index contributed by atoms with van der Waals surface area (Å²) in [5, 5.41) is 10.9. The van der Waals surface area contributed by atoms with Gasteiger partial charge in [-0.2, -0.15) is 0 Å². The van der Waals surface area contributed by atoms with Gasteiger partial charge in [0, 0.05) is 13.6 Å². The normalized spacial score (nSPS) is 13.8. The van der Waals surface area contributed by atoms with Crippen LogP contribution in [-0.2, 0) is 0 Å². The Balaban J connectivity index is 2.40. The van der Waals surface area contributed by atoms with Crippen molar-refractivity contribution in [1.29, 1.82) is 0 Å². The highest BCUT2D eigenvalue weighted by Crippen LogP contribution is 2.32. The second kappa shape index (κ2) is 6.75. The molecule has 4 heteroatoms. The van der Waals surface area contributed by atoms with Gasteiger partial charge in [-0.05, 0) is 17.7 Å². The molecule has 2 aromatic rings. The molecule has 0 aliphatic carbocycles. The number of aliphatic hydroxyl groups excluding tert-OH is 1. The molecule has 1 unspecified atom stereocenters. The van der Waals surface area contributed by atoms with Gasteiger partial charge in [-0.3, -0.25) is 0 Å². The minimum absolute atomic E-state index is 0.189. The highest BCUT2D eigenvalue weighted by molar-refractivity contribution is 6.33. The molecule has 3 nitrogen and oxygen atoms in total. The summed E-state index contributed by atoms with van der Waals surface area (Å²) >= 11 is 6.24. The van der Waals surface area contributed by atoms with Gasteiger partial charge in [0.2, 0.25) is 0 Å². The molecule has 3 N–H and O–H groups in total. The molecule has 0 aliphatic rings. The first kappa shape index (κ1) is 14.9. The molecule has 0 saturated carbocycles. The van der Waals surface area contributed by atoms with Crippen LogP contribution in [0.5, 0.6) is 0 Å². The number of likely N-dealkylation sites (N-methyl/N-ethyl adjacent to an activating group) is 1. The fraction of sp³-hybridized carbons (Fsp3) is 0.250. The zero-order valence-corrected chi connectivity index (χ0v) is 12.2. The number of rotatable bonds is 5. The van der Waals surface area contributed by atoms with Crippen molar-refractivity contribution in [3.05, 3.63) is 65.2 Å². The molecule has 106 valence electrons. The SMILES string of the molecule is CN(c1ccccc1Cl)C(c1ccccc1)[C@H](O)CN. The third-order valence-corrected chi connectivity index (χ3v) is 3.72. The average molecular weight is 291 g/mol. The standard InChI is InChI=1S/C16H19ClN2O/c1-19(14-10-6-5-9-13(14)17)16(15(20)11-18)12-7-3-2-4-8-12/h2-10,15-16,20H,11,18H2,1H3/t15-,16?/m1/s1. The van der Waals surface area contributed by atoms with Gasteiger partial charge in [0.15, 0.2) is 0 Å². The number of para-hydroxylation sites is 1. The van der Waals surface area contributed by atoms with Crippen molar-refractivity contribution in [2.45, 2.75) is 12.1 Å². The van der Waals surface area contributed by atoms with E-state index >= 15 is 0 Å². The Hall–Kier alpha value is -1.55. The van der Waals surface area contributed by atoms with Crippen LogP contribution < -0.4 is 10.6 Å². The van der Waals surface area contributed by atoms with Crippen molar-refractivity contribution in [1.82, 2.24) is 0 Å². The van der Waals surface area contributed by atoms with Crippen molar-refractivity contribution in [2.24, 2.45) is 5.73 Å². The van der Waals surface area contributed by atoms with E-state index in [4.69, 9.17) is 17.3 Å². The van der Waals surface area contributed by atoms with Crippen LogP contribution in [0.25, 0.3) is 0 Å². The van der Waals surface area contributed by atoms with E-state index in [1.165, 1.54) is 0 Å². The summed E-state index contributed by atoms with van der Waals surface area (Å²) in [6.45, 7) is 0.189. The lowest BCUT2D eigenvalue weighted by Gasteiger charge is -2.34. The molecule has 0 heterocycles. The number of benzene rings is 2. The second-order valence-electron chi connectivity index (χ2n) is 4.72. The van der Waals surface area contributed by atoms with Crippen LogP contribution in [0.15, 0.2) is 54.6 Å². The molecule has 2 atom stereocenters. The summed E-state index contributed by atoms with van der Waals surface area (Å²) in [5.41, 5.74) is 7.53. The number of nitrogens with zero attached hydrogens (tertiary/aromatic N) is 1. The molecule has 0 fully saturated rings. The molecule has 0 radical (unpaired) electrons. The van der Waals surface area contributed by atoms with Crippen molar-refractivity contribution in [2.75, 3.05) is 18.5 Å². The van der Waals surface area contributed by atoms with E-state index in [1.54, 1.807) is 0 Å². The van der Waals surface area contributed by atoms with Gasteiger partial charge in [-0.25, -0.2) is 0 Å². The Morgan fingerprint density at radius 1 is 1.10 bits per heavy atom. The van der Waals surface area contributed by atoms with E-state index in [0.717, 1.165) is 11.3 Å². The summed E-state index contributed by atoms with van der Waals surface area (Å²) in [6.07, 6.45) is -0.668. The summed E-state index contributed by atoms with van der Waals surface area (Å²) in [7, 11) is 1.91. The van der Waals surface area contributed by atoms with Crippen LogP contribution in [0.3, 0.4) is 0 Å². The van der Waals surface area contributed by atoms with Crippen LogP contribution in [0.1, 0.15) is 11.6 Å². The van der Waals surface area contributed by atoms with E-state index in [2.05, 4.69) is 0 Å². The van der Waals surface area contributed by atoms with Crippen LogP contribution in [0.2, 0.25) is 5.02 Å². The summed E-state index contributed by atoms with van der Waals surface area (Å²) in [5.74, 6) is 0. The van der Waals surface area contributed by atoms with Gasteiger partial charge < -0.3 is 15.7 Å². The van der Waals surface area contributed by atoms with Crippen LogP contribution in [0, 0.1) is 0 Å². The molecule has 2 rings (SSSR count). The summed E-state index contributed by atoms with van der Waals surface area (Å²) < 4.78 is 0. The Morgan fingerprint density at radius 2 is 1.70 bits per heavy atom. The Morgan fingerprint density at radius 3 is 2.30 bits per heavy atom. The predicted molar refractivity (Wildman–Crippen MR) is 84.1 cm³/mol. The van der Waals surface area contributed by atoms with Crippen LogP contribution in [-0.4, -0.2) is 24.8 Å². The lowest BCUT2D eigenvalue weighted by molar-refractivity contribution is 0.150. The first-order valence-corrected chi connectivity index (χ1v) is 6.93. The monoisotopic (exact) mass is 290 g/mol. The van der Waals surface area contributed by atoms with Gasteiger partial charge >= 0.3 is 0 Å². The van der Waals surface area contributed by atoms with Gasteiger partial charge in [-0.15, -0.1) is 0 Å². The maximum Gasteiger partial charge on any atom is 0.0907 e. The fourth-order valence-corrected chi connectivity index (χ4v) is 2.64. The first-order valence-electron chi connectivity index (χ1n) is 6.55. The van der Waals surface area contributed by atoms with E-state index in [9.17, 15) is 5.11 Å². The number of anilines is 1. The molecule has 0 aromatic heterocycles. The van der Waals surface area contributed by atoms with Crippen LogP contribution >= 0.6 is 11.6 Å². The third-order valence-electron chi connectivity index (χ3n) is 3.40. The van der Waals surface area contributed by atoms with E-state index in [-0.39, 0.29) is 12.6 Å². The Kier molecular flexibility index (Phi) is 5.01. The Labute approximate surface area is 124 Å². The smallest absolute Gasteiger partial charge is 0.0907 e. The molecular formula is C16H19ClN2O. The van der Waals surface area contributed by atoms with E-state index < -0.39 is 6.10 Å². The Bertz CT molecular complexity index is 547. The quantitative estimate of drug-likeness (QED) is 0.890. The van der Waals surface area contributed by atoms with Gasteiger partial charge in [0.05, 0.1) is 22.9 Å². The van der Waals surface area contributed by atoms with Gasteiger partial charge in [-0.1, -0.05) is 54.1 Å². The lowest BCUT2D eigenvalue weighted by Crippen LogP contribution is -2.38. The van der Waals surface area contributed by atoms with Crippen molar-refractivity contribution >= 4 is 17.3 Å². The molecule has 0 spiro atoms. The molecule has 0 saturated heterocycles. The third kappa shape index (κ3) is 3.12. The summed E-state index contributed by atoms with van der Waals surface area (Å²) in [6, 6.07) is 17.2. The maximum atomic E-state index is 10.3. The lowest BCUT2D eigenvalue weighted by atomic mass is 9.99. The first-order chi connectivity index (χ1) is 9.65. The second-order valence-corrected chi connectivity index (χ2v) is 5.13. The number of hydrogen-bond donors (Lipinski definition) is 2. The topological polar surface area (TPSA) is 49.5 Å². The predicted octanol–water partition coefficient (Wildman–Crippen LogP) is 2.84. The van der Waals surface area contributed by atoms with Gasteiger partial charge in [0.25, 0.3) is 0 Å². The fourth-order valence-electron chi connectivity index (χ4n) is 2.37. The van der Waals surface area contributed by atoms with Gasteiger partial charge in [0.1, 0.15) is 0 Å². The van der Waals surface area contributed by atoms with E-state index in [0.29, 0.717) is 5.02 Å². The molecule has 2 aromatic carbocycles. The van der Waals surface area contributed by atoms with E-state index in [1.807, 2.05) is 66.5 Å². The zero-order valence-electron chi connectivity index (χ0n) is 11.4. The molecule has 20 heavy (non-hydrogen) atoms. The van der Waals surface area contributed by atoms with Crippen molar-refractivity contribution in [3.8, 4) is 0 Å². The van der Waals surface area contributed by atoms with Crippen LogP contribution in [0.4, 0.5) is 5.69 Å². The minimum atomic E-state index is -0.668. The zero-order chi connectivity index (χ0) is 14.5. The molecule has 0 bridgehead atoms. The van der Waals surface area contributed by atoms with Crippen molar-refractivity contribution in [3.63, 3.8) is 0 Å². The number of nitrogens with two attached hydrogens (primary N) is 1. The number of hydrogen-bond acceptors (Lipinski definition) is 3. The average Bonchev–Trinajstić information content (AvgIpc) is 2.48. The minimum Gasteiger partial charge on any atom is -0.389 e. The number of halogens is 1.